The summed E-state index contributed by atoms with van der Waals surface area (Å²) in [5.74, 6) is -0.259. The van der Waals surface area contributed by atoms with Gasteiger partial charge in [-0.1, -0.05) is 0 Å². The number of nitrogens with two attached hydrogens (primary N) is 1. The van der Waals surface area contributed by atoms with E-state index in [1.807, 2.05) is 0 Å². The van der Waals surface area contributed by atoms with Crippen molar-refractivity contribution in [1.29, 1.82) is 0 Å². The molecule has 0 saturated carbocycles. The fraction of sp³-hybridized carbons (Fsp3) is 0.250. The Hall–Kier alpha value is -1.67. The highest BCUT2D eigenvalue weighted by molar-refractivity contribution is 7.88. The molecule has 0 aromatic heterocycles. The largest absolute Gasteiger partial charge is 0.497 e. The lowest BCUT2D eigenvalue weighted by atomic mass is 10.2. The van der Waals surface area contributed by atoms with Gasteiger partial charge in [0, 0.05) is 11.6 Å². The maximum absolute atomic E-state index is 10.9. The maximum Gasteiger partial charge on any atom is 0.273 e. The summed E-state index contributed by atoms with van der Waals surface area (Å²) in [5, 5.41) is 15.5. The summed E-state index contributed by atoms with van der Waals surface area (Å²) in [4.78, 5) is 9.97. The zero-order valence-corrected chi connectivity index (χ0v) is 9.23. The number of nitro benzene ring substituents is 1. The van der Waals surface area contributed by atoms with Crippen molar-refractivity contribution in [3.63, 3.8) is 0 Å². The molecule has 1 aromatic carbocycles. The molecule has 7 nitrogen and oxygen atoms in total. The molecule has 2 N–H and O–H groups in total. The molecule has 0 aliphatic heterocycles. The Balaban J connectivity index is 3.26. The first-order valence-electron chi connectivity index (χ1n) is 4.15. The van der Waals surface area contributed by atoms with Gasteiger partial charge in [0.1, 0.15) is 5.75 Å². The molecule has 0 aliphatic carbocycles. The average molecular weight is 246 g/mol. The molecule has 0 spiro atoms. The van der Waals surface area contributed by atoms with Gasteiger partial charge in [-0.3, -0.25) is 10.1 Å². The Labute approximate surface area is 92.0 Å². The van der Waals surface area contributed by atoms with Crippen LogP contribution >= 0.6 is 0 Å². The Kier molecular flexibility index (Phi) is 3.45. The van der Waals surface area contributed by atoms with E-state index in [-0.39, 0.29) is 11.3 Å². The lowest BCUT2D eigenvalue weighted by Crippen LogP contribution is -2.15. The first kappa shape index (κ1) is 12.4. The molecule has 0 aliphatic rings. The number of nitro groups is 1. The van der Waals surface area contributed by atoms with Crippen molar-refractivity contribution in [2.24, 2.45) is 5.14 Å². The van der Waals surface area contributed by atoms with Gasteiger partial charge in [0.25, 0.3) is 5.69 Å². The van der Waals surface area contributed by atoms with Gasteiger partial charge in [0.2, 0.25) is 10.0 Å². The first-order chi connectivity index (χ1) is 7.33. The van der Waals surface area contributed by atoms with Crippen molar-refractivity contribution in [3.8, 4) is 5.75 Å². The van der Waals surface area contributed by atoms with Gasteiger partial charge in [0.15, 0.2) is 0 Å². The van der Waals surface area contributed by atoms with Gasteiger partial charge in [-0.25, -0.2) is 13.6 Å². The Morgan fingerprint density at radius 2 is 2.12 bits per heavy atom. The molecule has 8 heteroatoms. The fourth-order valence-corrected chi connectivity index (χ4v) is 1.86. The van der Waals surface area contributed by atoms with Crippen LogP contribution in [-0.4, -0.2) is 20.5 Å². The number of ether oxygens (including phenoxy) is 1. The summed E-state index contributed by atoms with van der Waals surface area (Å²) >= 11 is 0. The number of nitrogens with zero attached hydrogens (tertiary/aromatic N) is 1. The fourth-order valence-electron chi connectivity index (χ4n) is 1.20. The third-order valence-corrected chi connectivity index (χ3v) is 2.55. The van der Waals surface area contributed by atoms with Crippen LogP contribution in [0.1, 0.15) is 5.56 Å². The first-order valence-corrected chi connectivity index (χ1v) is 5.87. The molecule has 0 atom stereocenters. The van der Waals surface area contributed by atoms with Crippen LogP contribution in [0.3, 0.4) is 0 Å². The van der Waals surface area contributed by atoms with E-state index >= 15 is 0 Å². The summed E-state index contributed by atoms with van der Waals surface area (Å²) in [6, 6.07) is 3.84. The highest BCUT2D eigenvalue weighted by Crippen LogP contribution is 2.25. The van der Waals surface area contributed by atoms with Crippen molar-refractivity contribution in [2.75, 3.05) is 7.11 Å². The third-order valence-electron chi connectivity index (χ3n) is 1.84. The minimum atomic E-state index is -3.82. The van der Waals surface area contributed by atoms with Crippen LogP contribution in [0.25, 0.3) is 0 Å². The second kappa shape index (κ2) is 4.45. The van der Waals surface area contributed by atoms with Crippen molar-refractivity contribution in [1.82, 2.24) is 0 Å². The van der Waals surface area contributed by atoms with Gasteiger partial charge < -0.3 is 4.74 Å². The summed E-state index contributed by atoms with van der Waals surface area (Å²) < 4.78 is 26.6. The normalized spacial score (nSPS) is 11.1. The third kappa shape index (κ3) is 3.17. The Bertz CT molecular complexity index is 511. The maximum atomic E-state index is 10.9. The lowest BCUT2D eigenvalue weighted by Gasteiger charge is -2.04. The average Bonchev–Trinajstić information content (AvgIpc) is 2.14. The van der Waals surface area contributed by atoms with Crippen molar-refractivity contribution in [3.05, 3.63) is 33.9 Å². The second-order valence-electron chi connectivity index (χ2n) is 3.06. The minimum absolute atomic E-state index is 0.00634. The highest BCUT2D eigenvalue weighted by Gasteiger charge is 2.18. The predicted octanol–water partition coefficient (Wildman–Crippen LogP) is 0.392. The van der Waals surface area contributed by atoms with Crippen LogP contribution in [-0.2, 0) is 15.8 Å². The summed E-state index contributed by atoms with van der Waals surface area (Å²) in [5.41, 5.74) is -0.290. The number of hydrogen-bond donors (Lipinski definition) is 1. The number of sulfonamides is 1. The van der Waals surface area contributed by atoms with Crippen LogP contribution in [0, 0.1) is 10.1 Å². The summed E-state index contributed by atoms with van der Waals surface area (Å²) in [6.45, 7) is 0. The standard InChI is InChI=1S/C8H10N2O5S/c1-15-7-2-3-8(10(11)12)6(4-7)5-16(9,13)14/h2-4H,5H2,1H3,(H2,9,13,14). The second-order valence-corrected chi connectivity index (χ2v) is 4.67. The van der Waals surface area contributed by atoms with Crippen LogP contribution in [0.15, 0.2) is 18.2 Å². The molecule has 0 amide bonds. The SMILES string of the molecule is COc1ccc([N+](=O)[O-])c(CS(N)(=O)=O)c1. The highest BCUT2D eigenvalue weighted by atomic mass is 32.2. The van der Waals surface area contributed by atoms with Crippen molar-refractivity contribution >= 4 is 15.7 Å². The molecule has 1 rings (SSSR count). The van der Waals surface area contributed by atoms with E-state index in [4.69, 9.17) is 9.88 Å². The van der Waals surface area contributed by atoms with Crippen molar-refractivity contribution in [2.45, 2.75) is 5.75 Å². The topological polar surface area (TPSA) is 113 Å². The molecule has 16 heavy (non-hydrogen) atoms. The van der Waals surface area contributed by atoms with E-state index in [0.717, 1.165) is 0 Å². The zero-order valence-electron chi connectivity index (χ0n) is 8.41. The van der Waals surface area contributed by atoms with E-state index < -0.39 is 20.7 Å². The molecule has 0 saturated heterocycles. The Morgan fingerprint density at radius 1 is 1.50 bits per heavy atom. The molecule has 1 aromatic rings. The molecular weight excluding hydrogens is 236 g/mol. The number of benzene rings is 1. The lowest BCUT2D eigenvalue weighted by molar-refractivity contribution is -0.385. The molecule has 0 unspecified atom stereocenters. The van der Waals surface area contributed by atoms with E-state index in [1.54, 1.807) is 0 Å². The Morgan fingerprint density at radius 3 is 2.56 bits per heavy atom. The molecule has 0 fully saturated rings. The zero-order chi connectivity index (χ0) is 12.3. The quantitative estimate of drug-likeness (QED) is 0.610. The van der Waals surface area contributed by atoms with Gasteiger partial charge >= 0.3 is 0 Å². The molecular formula is C8H10N2O5S. The number of rotatable bonds is 4. The molecule has 0 bridgehead atoms. The minimum Gasteiger partial charge on any atom is -0.497 e. The van der Waals surface area contributed by atoms with Crippen LogP contribution in [0.5, 0.6) is 5.75 Å². The number of primary sulfonamides is 1. The predicted molar refractivity (Wildman–Crippen MR) is 56.5 cm³/mol. The molecule has 0 radical (unpaired) electrons. The van der Waals surface area contributed by atoms with Crippen LogP contribution in [0.4, 0.5) is 5.69 Å². The van der Waals surface area contributed by atoms with E-state index in [9.17, 15) is 18.5 Å². The van der Waals surface area contributed by atoms with Crippen molar-refractivity contribution < 1.29 is 18.1 Å². The van der Waals surface area contributed by atoms with E-state index in [1.165, 1.54) is 25.3 Å². The van der Waals surface area contributed by atoms with Gasteiger partial charge in [0.05, 0.1) is 17.8 Å². The van der Waals surface area contributed by atoms with Crippen LogP contribution < -0.4 is 9.88 Å². The molecule has 0 heterocycles. The van der Waals surface area contributed by atoms with Gasteiger partial charge in [-0.05, 0) is 12.1 Å². The number of methoxy groups -OCH3 is 1. The smallest absolute Gasteiger partial charge is 0.273 e. The van der Waals surface area contributed by atoms with Gasteiger partial charge in [-0.2, -0.15) is 0 Å². The monoisotopic (exact) mass is 246 g/mol. The van der Waals surface area contributed by atoms with E-state index in [0.29, 0.717) is 5.75 Å². The van der Waals surface area contributed by atoms with E-state index in [2.05, 4.69) is 0 Å². The summed E-state index contributed by atoms with van der Waals surface area (Å²) in [7, 11) is -2.44. The number of hydrogen-bond acceptors (Lipinski definition) is 5. The summed E-state index contributed by atoms with van der Waals surface area (Å²) in [6.07, 6.45) is 0. The van der Waals surface area contributed by atoms with Gasteiger partial charge in [-0.15, -0.1) is 0 Å². The van der Waals surface area contributed by atoms with Crippen LogP contribution in [0.2, 0.25) is 0 Å². The molecule has 88 valence electrons.